The lowest BCUT2D eigenvalue weighted by molar-refractivity contribution is 0.102. The molecule has 0 fully saturated rings. The number of pyridine rings is 1. The highest BCUT2D eigenvalue weighted by molar-refractivity contribution is 6.34. The number of halogens is 1. The Hall–Kier alpha value is -3.15. The number of nitrogens with one attached hydrogen (secondary N) is 1. The number of hydrogen-bond acceptors (Lipinski definition) is 3. The van der Waals surface area contributed by atoms with Gasteiger partial charge in [0.05, 0.1) is 16.9 Å². The van der Waals surface area contributed by atoms with Crippen LogP contribution in [0, 0.1) is 0 Å². The molecule has 0 saturated heterocycles. The summed E-state index contributed by atoms with van der Waals surface area (Å²) in [6.07, 6.45) is 3.35. The summed E-state index contributed by atoms with van der Waals surface area (Å²) in [4.78, 5) is 17.2. The van der Waals surface area contributed by atoms with Gasteiger partial charge >= 0.3 is 0 Å². The first-order valence-electron chi connectivity index (χ1n) is 8.48. The van der Waals surface area contributed by atoms with Crippen LogP contribution in [0.5, 0.6) is 0 Å². The van der Waals surface area contributed by atoms with Crippen LogP contribution in [0.15, 0.2) is 73.1 Å². The van der Waals surface area contributed by atoms with E-state index in [2.05, 4.69) is 10.3 Å². The van der Waals surface area contributed by atoms with Crippen molar-refractivity contribution in [3.05, 3.63) is 89.3 Å². The van der Waals surface area contributed by atoms with Crippen LogP contribution in [0.4, 0.5) is 5.69 Å². The average Bonchev–Trinajstić information content (AvgIpc) is 3.14. The van der Waals surface area contributed by atoms with Crippen molar-refractivity contribution < 1.29 is 4.79 Å². The molecule has 3 N–H and O–H groups in total. The van der Waals surface area contributed by atoms with E-state index in [1.54, 1.807) is 22.9 Å². The molecule has 2 heterocycles. The van der Waals surface area contributed by atoms with Gasteiger partial charge in [-0.1, -0.05) is 48.0 Å². The molecule has 0 aliphatic rings. The normalized spacial score (nSPS) is 10.9. The molecule has 0 aliphatic carbocycles. The molecule has 2 aromatic heterocycles. The van der Waals surface area contributed by atoms with Crippen molar-refractivity contribution in [1.29, 1.82) is 0 Å². The zero-order valence-electron chi connectivity index (χ0n) is 14.4. The third-order valence-corrected chi connectivity index (χ3v) is 4.69. The molecule has 0 unspecified atom stereocenters. The summed E-state index contributed by atoms with van der Waals surface area (Å²) in [5.41, 5.74) is 10.2. The number of hydrogen-bond donors (Lipinski definition) is 2. The number of nitrogens with zero attached hydrogens (tertiary/aromatic N) is 2. The minimum atomic E-state index is -0.280. The standard InChI is InChI=1S/C21H17ClN4O/c22-17-8-4-7-16(15-6-3-5-14(11-15)12-23)20(17)25-21(27)18-13-24-19-9-1-2-10-26(18)19/h1-11,13H,12,23H2,(H,25,27). The zero-order valence-corrected chi connectivity index (χ0v) is 15.1. The smallest absolute Gasteiger partial charge is 0.274 e. The van der Waals surface area contributed by atoms with E-state index in [9.17, 15) is 4.79 Å². The fraction of sp³-hybridized carbons (Fsp3) is 0.0476. The molecule has 4 aromatic rings. The molecular formula is C21H17ClN4O. The Labute approximate surface area is 161 Å². The van der Waals surface area contributed by atoms with Gasteiger partial charge in [-0.15, -0.1) is 0 Å². The van der Waals surface area contributed by atoms with Crippen LogP contribution in [0.2, 0.25) is 5.02 Å². The van der Waals surface area contributed by atoms with Gasteiger partial charge in [-0.25, -0.2) is 4.98 Å². The maximum Gasteiger partial charge on any atom is 0.274 e. The number of para-hydroxylation sites is 1. The Kier molecular flexibility index (Phi) is 4.62. The predicted octanol–water partition coefficient (Wildman–Crippen LogP) is 4.37. The van der Waals surface area contributed by atoms with Crippen LogP contribution in [0.1, 0.15) is 16.1 Å². The summed E-state index contributed by atoms with van der Waals surface area (Å²) in [6, 6.07) is 19.0. The predicted molar refractivity (Wildman–Crippen MR) is 108 cm³/mol. The molecule has 6 heteroatoms. The van der Waals surface area contributed by atoms with Crippen LogP contribution < -0.4 is 11.1 Å². The highest BCUT2D eigenvalue weighted by Crippen LogP contribution is 2.34. The van der Waals surface area contributed by atoms with E-state index in [1.807, 2.05) is 54.6 Å². The summed E-state index contributed by atoms with van der Waals surface area (Å²) in [5, 5.41) is 3.41. The van der Waals surface area contributed by atoms with Crippen LogP contribution in [0.25, 0.3) is 16.8 Å². The van der Waals surface area contributed by atoms with E-state index in [0.29, 0.717) is 28.6 Å². The zero-order chi connectivity index (χ0) is 18.8. The maximum atomic E-state index is 12.9. The molecule has 0 radical (unpaired) electrons. The average molecular weight is 377 g/mol. The second-order valence-electron chi connectivity index (χ2n) is 6.09. The molecular weight excluding hydrogens is 360 g/mol. The molecule has 0 saturated carbocycles. The first-order chi connectivity index (χ1) is 13.2. The quantitative estimate of drug-likeness (QED) is 0.555. The van der Waals surface area contributed by atoms with Gasteiger partial charge in [0.25, 0.3) is 5.91 Å². The van der Waals surface area contributed by atoms with Crippen LogP contribution in [-0.2, 0) is 6.54 Å². The number of anilines is 1. The van der Waals surface area contributed by atoms with Gasteiger partial charge in [-0.2, -0.15) is 0 Å². The summed E-state index contributed by atoms with van der Waals surface area (Å²) < 4.78 is 1.74. The van der Waals surface area contributed by atoms with Crippen molar-refractivity contribution in [2.45, 2.75) is 6.54 Å². The topological polar surface area (TPSA) is 72.4 Å². The van der Waals surface area contributed by atoms with Crippen molar-refractivity contribution in [3.63, 3.8) is 0 Å². The summed E-state index contributed by atoms with van der Waals surface area (Å²) in [5.74, 6) is -0.280. The largest absolute Gasteiger partial charge is 0.326 e. The number of imidazole rings is 1. The van der Waals surface area contributed by atoms with Gasteiger partial charge in [0, 0.05) is 18.3 Å². The molecule has 0 spiro atoms. The number of amides is 1. The van der Waals surface area contributed by atoms with Crippen LogP contribution >= 0.6 is 11.6 Å². The molecule has 27 heavy (non-hydrogen) atoms. The minimum absolute atomic E-state index is 0.280. The van der Waals surface area contributed by atoms with Crippen LogP contribution in [-0.4, -0.2) is 15.3 Å². The van der Waals surface area contributed by atoms with E-state index in [0.717, 1.165) is 16.7 Å². The summed E-state index contributed by atoms with van der Waals surface area (Å²) >= 11 is 6.41. The molecule has 134 valence electrons. The van der Waals surface area contributed by atoms with E-state index < -0.39 is 0 Å². The van der Waals surface area contributed by atoms with E-state index in [-0.39, 0.29) is 5.91 Å². The molecule has 0 atom stereocenters. The van der Waals surface area contributed by atoms with Gasteiger partial charge in [-0.05, 0) is 35.4 Å². The van der Waals surface area contributed by atoms with Gasteiger partial charge in [0.2, 0.25) is 0 Å². The fourth-order valence-corrected chi connectivity index (χ4v) is 3.26. The maximum absolute atomic E-state index is 12.9. The first-order valence-corrected chi connectivity index (χ1v) is 8.86. The third-order valence-electron chi connectivity index (χ3n) is 4.38. The molecule has 0 bridgehead atoms. The van der Waals surface area contributed by atoms with Gasteiger partial charge in [-0.3, -0.25) is 9.20 Å². The van der Waals surface area contributed by atoms with Crippen molar-refractivity contribution in [1.82, 2.24) is 9.38 Å². The number of fused-ring (bicyclic) bond motifs is 1. The second kappa shape index (κ2) is 7.23. The van der Waals surface area contributed by atoms with Crippen molar-refractivity contribution in [3.8, 4) is 11.1 Å². The molecule has 5 nitrogen and oxygen atoms in total. The fourth-order valence-electron chi connectivity index (χ4n) is 3.04. The summed E-state index contributed by atoms with van der Waals surface area (Å²) in [7, 11) is 0. The number of carbonyl (C=O) groups excluding carboxylic acids is 1. The van der Waals surface area contributed by atoms with Crippen LogP contribution in [0.3, 0.4) is 0 Å². The molecule has 4 rings (SSSR count). The highest BCUT2D eigenvalue weighted by Gasteiger charge is 2.16. The van der Waals surface area contributed by atoms with E-state index in [4.69, 9.17) is 17.3 Å². The number of carbonyl (C=O) groups is 1. The molecule has 2 aromatic carbocycles. The lowest BCUT2D eigenvalue weighted by Gasteiger charge is -2.14. The number of benzene rings is 2. The third kappa shape index (κ3) is 3.30. The number of nitrogens with two attached hydrogens (primary N) is 1. The Morgan fingerprint density at radius 2 is 1.96 bits per heavy atom. The van der Waals surface area contributed by atoms with E-state index in [1.165, 1.54) is 0 Å². The van der Waals surface area contributed by atoms with E-state index >= 15 is 0 Å². The molecule has 1 amide bonds. The van der Waals surface area contributed by atoms with Crippen molar-refractivity contribution in [2.75, 3.05) is 5.32 Å². The Morgan fingerprint density at radius 3 is 2.81 bits per heavy atom. The Balaban J connectivity index is 1.74. The minimum Gasteiger partial charge on any atom is -0.326 e. The number of aromatic nitrogens is 2. The van der Waals surface area contributed by atoms with Gasteiger partial charge in [0.15, 0.2) is 0 Å². The van der Waals surface area contributed by atoms with Crippen molar-refractivity contribution in [2.24, 2.45) is 5.73 Å². The SMILES string of the molecule is NCc1cccc(-c2cccc(Cl)c2NC(=O)c2cnc3ccccn23)c1. The van der Waals surface area contributed by atoms with Crippen molar-refractivity contribution >= 4 is 28.8 Å². The lowest BCUT2D eigenvalue weighted by atomic mass is 10.0. The Bertz CT molecular complexity index is 1140. The van der Waals surface area contributed by atoms with Gasteiger partial charge < -0.3 is 11.1 Å². The highest BCUT2D eigenvalue weighted by atomic mass is 35.5. The second-order valence-corrected chi connectivity index (χ2v) is 6.50. The van der Waals surface area contributed by atoms with Gasteiger partial charge in [0.1, 0.15) is 11.3 Å². The lowest BCUT2D eigenvalue weighted by Crippen LogP contribution is -2.15. The monoisotopic (exact) mass is 376 g/mol. The summed E-state index contributed by atoms with van der Waals surface area (Å²) in [6.45, 7) is 0.442. The number of rotatable bonds is 4. The molecule has 0 aliphatic heterocycles. The Morgan fingerprint density at radius 1 is 1.11 bits per heavy atom. The first kappa shape index (κ1) is 17.3.